The molecule has 3 nitrogen and oxygen atoms in total. The van der Waals surface area contributed by atoms with Crippen molar-refractivity contribution in [1.82, 2.24) is 0 Å². The fraction of sp³-hybridized carbons (Fsp3) is 0.133. The minimum Gasteiger partial charge on any atom is -0.410 e. The molecule has 0 aliphatic heterocycles. The number of rotatable bonds is 2. The van der Waals surface area contributed by atoms with Gasteiger partial charge in [-0.05, 0) is 55.3 Å². The number of hydrogen-bond acceptors (Lipinski definition) is 2. The van der Waals surface area contributed by atoms with E-state index in [4.69, 9.17) is 4.74 Å². The van der Waals surface area contributed by atoms with Gasteiger partial charge in [0.2, 0.25) is 0 Å². The Kier molecular flexibility index (Phi) is 4.22. The molecule has 0 fully saturated rings. The van der Waals surface area contributed by atoms with Gasteiger partial charge in [0.05, 0.1) is 0 Å². The molecule has 0 heterocycles. The lowest BCUT2D eigenvalue weighted by Gasteiger charge is -2.10. The van der Waals surface area contributed by atoms with E-state index >= 15 is 0 Å². The average Bonchev–Trinajstić information content (AvgIpc) is 2.38. The Morgan fingerprint density at radius 2 is 1.79 bits per heavy atom. The van der Waals surface area contributed by atoms with E-state index in [1.54, 1.807) is 12.1 Å². The number of amides is 1. The van der Waals surface area contributed by atoms with Gasteiger partial charge in [0.1, 0.15) is 5.75 Å². The van der Waals surface area contributed by atoms with Gasteiger partial charge in [0.25, 0.3) is 0 Å². The first-order chi connectivity index (χ1) is 9.06. The molecule has 0 aliphatic rings. The molecule has 19 heavy (non-hydrogen) atoms. The molecule has 0 saturated heterocycles. The normalized spacial score (nSPS) is 10.1. The third-order valence-corrected chi connectivity index (χ3v) is 3.39. The zero-order valence-electron chi connectivity index (χ0n) is 10.7. The van der Waals surface area contributed by atoms with Crippen LogP contribution in [-0.2, 0) is 0 Å². The zero-order valence-corrected chi connectivity index (χ0v) is 12.3. The lowest BCUT2D eigenvalue weighted by molar-refractivity contribution is 0.215. The maximum atomic E-state index is 11.8. The van der Waals surface area contributed by atoms with Crippen LogP contribution in [0.5, 0.6) is 5.75 Å². The summed E-state index contributed by atoms with van der Waals surface area (Å²) in [6.45, 7) is 3.96. The number of carbonyl (C=O) groups excluding carboxylic acids is 1. The molecule has 0 aliphatic carbocycles. The van der Waals surface area contributed by atoms with E-state index in [0.717, 1.165) is 21.3 Å². The summed E-state index contributed by atoms with van der Waals surface area (Å²) < 4.78 is 6.14. The lowest BCUT2D eigenvalue weighted by atomic mass is 10.1. The highest BCUT2D eigenvalue weighted by Gasteiger charge is 2.07. The van der Waals surface area contributed by atoms with Crippen molar-refractivity contribution >= 4 is 27.7 Å². The topological polar surface area (TPSA) is 38.3 Å². The Bertz CT molecular complexity index is 594. The summed E-state index contributed by atoms with van der Waals surface area (Å²) in [5.74, 6) is 0.506. The van der Waals surface area contributed by atoms with Gasteiger partial charge >= 0.3 is 6.09 Å². The van der Waals surface area contributed by atoms with E-state index in [9.17, 15) is 4.79 Å². The molecule has 2 rings (SSSR count). The second-order valence-electron chi connectivity index (χ2n) is 4.22. The maximum absolute atomic E-state index is 11.8. The number of anilines is 1. The van der Waals surface area contributed by atoms with Crippen LogP contribution in [0.4, 0.5) is 10.5 Å². The second-order valence-corrected chi connectivity index (χ2v) is 5.13. The number of nitrogens with one attached hydrogen (secondary N) is 1. The molecule has 2 aromatic carbocycles. The van der Waals surface area contributed by atoms with Crippen LogP contribution in [0.1, 0.15) is 11.1 Å². The number of benzene rings is 2. The van der Waals surface area contributed by atoms with Gasteiger partial charge in [-0.25, -0.2) is 4.79 Å². The molecular weight excluding hydrogens is 306 g/mol. The predicted molar refractivity (Wildman–Crippen MR) is 79.7 cm³/mol. The van der Waals surface area contributed by atoms with Crippen LogP contribution in [0, 0.1) is 13.8 Å². The molecule has 0 aromatic heterocycles. The number of carbonyl (C=O) groups is 1. The molecule has 2 aromatic rings. The first-order valence-corrected chi connectivity index (χ1v) is 6.66. The summed E-state index contributed by atoms with van der Waals surface area (Å²) in [7, 11) is 0. The monoisotopic (exact) mass is 319 g/mol. The van der Waals surface area contributed by atoms with Gasteiger partial charge < -0.3 is 4.74 Å². The fourth-order valence-corrected chi connectivity index (χ4v) is 1.90. The molecular formula is C15H14BrNO2. The molecule has 4 heteroatoms. The predicted octanol–water partition coefficient (Wildman–Crippen LogP) is 4.68. The molecule has 1 amide bonds. The van der Waals surface area contributed by atoms with Gasteiger partial charge in [-0.15, -0.1) is 0 Å². The molecule has 1 N–H and O–H groups in total. The van der Waals surface area contributed by atoms with Crippen molar-refractivity contribution in [1.29, 1.82) is 0 Å². The van der Waals surface area contributed by atoms with Crippen molar-refractivity contribution in [2.45, 2.75) is 13.8 Å². The van der Waals surface area contributed by atoms with Crippen LogP contribution in [0.3, 0.4) is 0 Å². The molecule has 98 valence electrons. The van der Waals surface area contributed by atoms with Crippen molar-refractivity contribution in [2.24, 2.45) is 0 Å². The van der Waals surface area contributed by atoms with Crippen LogP contribution in [0.15, 0.2) is 46.9 Å². The first kappa shape index (κ1) is 13.6. The smallest absolute Gasteiger partial charge is 0.410 e. The van der Waals surface area contributed by atoms with E-state index in [1.807, 2.05) is 44.2 Å². The second kappa shape index (κ2) is 5.89. The summed E-state index contributed by atoms with van der Waals surface area (Å²) in [6.07, 6.45) is -0.490. The van der Waals surface area contributed by atoms with Crippen molar-refractivity contribution in [2.75, 3.05) is 5.32 Å². The summed E-state index contributed by atoms with van der Waals surface area (Å²) in [5, 5.41) is 2.74. The summed E-state index contributed by atoms with van der Waals surface area (Å²) in [6, 6.07) is 12.9. The molecule has 0 unspecified atom stereocenters. The maximum Gasteiger partial charge on any atom is 0.417 e. The van der Waals surface area contributed by atoms with Crippen LogP contribution in [-0.4, -0.2) is 6.09 Å². The fourth-order valence-electron chi connectivity index (χ4n) is 1.63. The van der Waals surface area contributed by atoms with Gasteiger partial charge in [0.15, 0.2) is 0 Å². The Hall–Kier alpha value is -1.81. The highest BCUT2D eigenvalue weighted by atomic mass is 79.9. The van der Waals surface area contributed by atoms with Crippen molar-refractivity contribution in [3.63, 3.8) is 0 Å². The Morgan fingerprint density at radius 3 is 2.47 bits per heavy atom. The van der Waals surface area contributed by atoms with Crippen molar-refractivity contribution in [3.8, 4) is 5.75 Å². The number of aryl methyl sites for hydroxylation is 1. The minimum atomic E-state index is -0.490. The minimum absolute atomic E-state index is 0.490. The third-order valence-electron chi connectivity index (χ3n) is 2.87. The molecule has 0 spiro atoms. The number of halogens is 1. The molecule has 0 bridgehead atoms. The van der Waals surface area contributed by atoms with E-state index < -0.39 is 6.09 Å². The largest absolute Gasteiger partial charge is 0.417 e. The Morgan fingerprint density at radius 1 is 1.11 bits per heavy atom. The van der Waals surface area contributed by atoms with Crippen molar-refractivity contribution in [3.05, 3.63) is 58.1 Å². The van der Waals surface area contributed by atoms with E-state index in [0.29, 0.717) is 5.75 Å². The summed E-state index contributed by atoms with van der Waals surface area (Å²) in [4.78, 5) is 11.8. The van der Waals surface area contributed by atoms with Gasteiger partial charge in [-0.3, -0.25) is 5.32 Å². The Labute approximate surface area is 120 Å². The average molecular weight is 320 g/mol. The molecule has 0 radical (unpaired) electrons. The standard InChI is InChI=1S/C15H14BrNO2/c1-10-4-3-5-14(11(10)2)17-15(18)19-13-8-6-12(16)7-9-13/h3-9H,1-2H3,(H,17,18). The van der Waals surface area contributed by atoms with Crippen LogP contribution in [0.25, 0.3) is 0 Å². The van der Waals surface area contributed by atoms with Crippen LogP contribution < -0.4 is 10.1 Å². The highest BCUT2D eigenvalue weighted by molar-refractivity contribution is 9.10. The summed E-state index contributed by atoms with van der Waals surface area (Å²) in [5.41, 5.74) is 2.93. The van der Waals surface area contributed by atoms with Crippen LogP contribution >= 0.6 is 15.9 Å². The van der Waals surface area contributed by atoms with Gasteiger partial charge in [-0.2, -0.15) is 0 Å². The number of hydrogen-bond donors (Lipinski definition) is 1. The van der Waals surface area contributed by atoms with Crippen molar-refractivity contribution < 1.29 is 9.53 Å². The Balaban J connectivity index is 2.05. The van der Waals surface area contributed by atoms with E-state index in [1.165, 1.54) is 0 Å². The van der Waals surface area contributed by atoms with Crippen LogP contribution in [0.2, 0.25) is 0 Å². The zero-order chi connectivity index (χ0) is 13.8. The number of ether oxygens (including phenoxy) is 1. The lowest BCUT2D eigenvalue weighted by Crippen LogP contribution is -2.17. The SMILES string of the molecule is Cc1cccc(NC(=O)Oc2ccc(Br)cc2)c1C. The summed E-state index contributed by atoms with van der Waals surface area (Å²) >= 11 is 3.33. The highest BCUT2D eigenvalue weighted by Crippen LogP contribution is 2.20. The van der Waals surface area contributed by atoms with Gasteiger partial charge in [-0.1, -0.05) is 28.1 Å². The van der Waals surface area contributed by atoms with Gasteiger partial charge in [0, 0.05) is 10.2 Å². The molecule has 0 saturated carbocycles. The first-order valence-electron chi connectivity index (χ1n) is 5.87. The van der Waals surface area contributed by atoms with E-state index in [-0.39, 0.29) is 0 Å². The third kappa shape index (κ3) is 3.58. The molecule has 0 atom stereocenters. The van der Waals surface area contributed by atoms with E-state index in [2.05, 4.69) is 21.2 Å². The quantitative estimate of drug-likeness (QED) is 0.873.